The number of aromatic nitrogens is 2. The maximum absolute atomic E-state index is 12.8. The molecule has 3 rings (SSSR count). The number of rotatable bonds is 3. The van der Waals surface area contributed by atoms with Gasteiger partial charge in [0.2, 0.25) is 0 Å². The maximum Gasteiger partial charge on any atom is 0.275 e. The van der Waals surface area contributed by atoms with Gasteiger partial charge in [-0.1, -0.05) is 34.1 Å². The topological polar surface area (TPSA) is 38.1 Å². The van der Waals surface area contributed by atoms with Crippen LogP contribution in [0.25, 0.3) is 10.9 Å². The first-order chi connectivity index (χ1) is 10.2. The zero-order chi connectivity index (χ0) is 14.8. The SMILES string of the molecule is Cn1nc(C(=O)N2CCCC(CCBr)C2)c2ccccc21. The summed E-state index contributed by atoms with van der Waals surface area (Å²) in [5.74, 6) is 0.683. The van der Waals surface area contributed by atoms with Crippen LogP contribution in [0.4, 0.5) is 0 Å². The highest BCUT2D eigenvalue weighted by Gasteiger charge is 2.27. The first kappa shape index (κ1) is 14.6. The molecular weight excluding hydrogens is 330 g/mol. The second-order valence-electron chi connectivity index (χ2n) is 5.73. The predicted molar refractivity (Wildman–Crippen MR) is 87.8 cm³/mol. The van der Waals surface area contributed by atoms with Crippen LogP contribution in [0.5, 0.6) is 0 Å². The summed E-state index contributed by atoms with van der Waals surface area (Å²) in [6.07, 6.45) is 3.44. The Hall–Kier alpha value is -1.36. The Kier molecular flexibility index (Phi) is 4.29. The summed E-state index contributed by atoms with van der Waals surface area (Å²) < 4.78 is 1.79. The number of halogens is 1. The lowest BCUT2D eigenvalue weighted by atomic mass is 9.95. The molecule has 1 aromatic heterocycles. The van der Waals surface area contributed by atoms with E-state index in [4.69, 9.17) is 0 Å². The Morgan fingerprint density at radius 2 is 2.24 bits per heavy atom. The number of benzene rings is 1. The summed E-state index contributed by atoms with van der Waals surface area (Å²) in [7, 11) is 1.89. The number of hydrogen-bond acceptors (Lipinski definition) is 2. The third-order valence-electron chi connectivity index (χ3n) is 4.28. The molecule has 0 bridgehead atoms. The van der Waals surface area contributed by atoms with Crippen molar-refractivity contribution in [3.63, 3.8) is 0 Å². The molecular formula is C16H20BrN3O. The van der Waals surface area contributed by atoms with Crippen LogP contribution >= 0.6 is 15.9 Å². The quantitative estimate of drug-likeness (QED) is 0.798. The molecule has 1 aromatic carbocycles. The molecule has 1 aliphatic rings. The van der Waals surface area contributed by atoms with Crippen molar-refractivity contribution < 1.29 is 4.79 Å². The molecule has 0 spiro atoms. The number of likely N-dealkylation sites (tertiary alicyclic amines) is 1. The lowest BCUT2D eigenvalue weighted by molar-refractivity contribution is 0.0667. The van der Waals surface area contributed by atoms with Gasteiger partial charge < -0.3 is 4.90 Å². The van der Waals surface area contributed by atoms with Crippen molar-refractivity contribution in [3.8, 4) is 0 Å². The molecule has 2 heterocycles. The lowest BCUT2D eigenvalue weighted by Crippen LogP contribution is -2.40. The minimum atomic E-state index is 0.0751. The summed E-state index contributed by atoms with van der Waals surface area (Å²) in [6.45, 7) is 1.71. The van der Waals surface area contributed by atoms with E-state index in [0.29, 0.717) is 11.6 Å². The highest BCUT2D eigenvalue weighted by atomic mass is 79.9. The van der Waals surface area contributed by atoms with Gasteiger partial charge in [-0.3, -0.25) is 9.48 Å². The minimum absolute atomic E-state index is 0.0751. The van der Waals surface area contributed by atoms with E-state index < -0.39 is 0 Å². The second kappa shape index (κ2) is 6.18. The average molecular weight is 350 g/mol. The number of nitrogens with zero attached hydrogens (tertiary/aromatic N) is 3. The number of carbonyl (C=O) groups is 1. The van der Waals surface area contributed by atoms with Crippen molar-refractivity contribution in [1.82, 2.24) is 14.7 Å². The van der Waals surface area contributed by atoms with Crippen LogP contribution in [0.2, 0.25) is 0 Å². The van der Waals surface area contributed by atoms with Crippen molar-refractivity contribution in [2.24, 2.45) is 13.0 Å². The third-order valence-corrected chi connectivity index (χ3v) is 4.74. The van der Waals surface area contributed by atoms with E-state index in [1.54, 1.807) is 4.68 Å². The Morgan fingerprint density at radius 1 is 1.43 bits per heavy atom. The van der Waals surface area contributed by atoms with E-state index in [-0.39, 0.29) is 5.91 Å². The Morgan fingerprint density at radius 3 is 3.05 bits per heavy atom. The molecule has 1 unspecified atom stereocenters. The van der Waals surface area contributed by atoms with E-state index in [1.165, 1.54) is 6.42 Å². The van der Waals surface area contributed by atoms with Crippen molar-refractivity contribution in [3.05, 3.63) is 30.0 Å². The first-order valence-corrected chi connectivity index (χ1v) is 8.60. The van der Waals surface area contributed by atoms with Crippen LogP contribution in [0.15, 0.2) is 24.3 Å². The lowest BCUT2D eigenvalue weighted by Gasteiger charge is -2.32. The predicted octanol–water partition coefficient (Wildman–Crippen LogP) is 3.21. The fraction of sp³-hybridized carbons (Fsp3) is 0.500. The summed E-state index contributed by atoms with van der Waals surface area (Å²) in [5, 5.41) is 6.41. The van der Waals surface area contributed by atoms with Gasteiger partial charge in [0.1, 0.15) is 0 Å². The van der Waals surface area contributed by atoms with Gasteiger partial charge in [0.25, 0.3) is 5.91 Å². The second-order valence-corrected chi connectivity index (χ2v) is 6.52. The monoisotopic (exact) mass is 349 g/mol. The van der Waals surface area contributed by atoms with Gasteiger partial charge in [0.15, 0.2) is 5.69 Å². The summed E-state index contributed by atoms with van der Waals surface area (Å²) in [6, 6.07) is 7.92. The van der Waals surface area contributed by atoms with Crippen molar-refractivity contribution in [2.45, 2.75) is 19.3 Å². The van der Waals surface area contributed by atoms with Crippen molar-refractivity contribution in [2.75, 3.05) is 18.4 Å². The van der Waals surface area contributed by atoms with Crippen LogP contribution in [-0.2, 0) is 7.05 Å². The van der Waals surface area contributed by atoms with Crippen LogP contribution in [-0.4, -0.2) is 39.0 Å². The third kappa shape index (κ3) is 2.84. The molecule has 4 nitrogen and oxygen atoms in total. The molecule has 1 aliphatic heterocycles. The number of para-hydroxylation sites is 1. The highest BCUT2D eigenvalue weighted by molar-refractivity contribution is 9.09. The van der Waals surface area contributed by atoms with E-state index in [1.807, 2.05) is 36.2 Å². The fourth-order valence-corrected chi connectivity index (χ4v) is 3.81. The molecule has 21 heavy (non-hydrogen) atoms. The van der Waals surface area contributed by atoms with E-state index >= 15 is 0 Å². The molecule has 0 radical (unpaired) electrons. The van der Waals surface area contributed by atoms with Gasteiger partial charge in [0, 0.05) is 30.9 Å². The summed E-state index contributed by atoms with van der Waals surface area (Å²) in [4.78, 5) is 14.8. The Labute approximate surface area is 133 Å². The zero-order valence-corrected chi connectivity index (χ0v) is 13.8. The zero-order valence-electron chi connectivity index (χ0n) is 12.3. The number of amides is 1. The van der Waals surface area contributed by atoms with Gasteiger partial charge in [0.05, 0.1) is 5.52 Å². The van der Waals surface area contributed by atoms with E-state index in [2.05, 4.69) is 21.0 Å². The Bertz CT molecular complexity index is 650. The Balaban J connectivity index is 1.86. The van der Waals surface area contributed by atoms with Gasteiger partial charge in [-0.15, -0.1) is 0 Å². The van der Waals surface area contributed by atoms with Gasteiger partial charge in [-0.05, 0) is 31.2 Å². The molecule has 1 saturated heterocycles. The molecule has 112 valence electrons. The number of fused-ring (bicyclic) bond motifs is 1. The number of carbonyl (C=O) groups excluding carboxylic acids is 1. The number of piperidine rings is 1. The average Bonchev–Trinajstić information content (AvgIpc) is 2.85. The first-order valence-electron chi connectivity index (χ1n) is 7.47. The van der Waals surface area contributed by atoms with Gasteiger partial charge >= 0.3 is 0 Å². The normalized spacial score (nSPS) is 19.1. The van der Waals surface area contributed by atoms with Crippen LogP contribution in [0, 0.1) is 5.92 Å². The van der Waals surface area contributed by atoms with E-state index in [0.717, 1.165) is 42.2 Å². The van der Waals surface area contributed by atoms with Crippen molar-refractivity contribution in [1.29, 1.82) is 0 Å². The molecule has 1 amide bonds. The molecule has 0 N–H and O–H groups in total. The molecule has 0 saturated carbocycles. The van der Waals surface area contributed by atoms with Crippen LogP contribution < -0.4 is 0 Å². The largest absolute Gasteiger partial charge is 0.337 e. The van der Waals surface area contributed by atoms with Crippen LogP contribution in [0.3, 0.4) is 0 Å². The smallest absolute Gasteiger partial charge is 0.275 e. The molecule has 1 atom stereocenters. The standard InChI is InChI=1S/C16H20BrN3O/c1-19-14-7-3-2-6-13(14)15(18-19)16(21)20-10-4-5-12(11-20)8-9-17/h2-3,6-7,12H,4-5,8-11H2,1H3. The number of alkyl halides is 1. The van der Waals surface area contributed by atoms with Crippen LogP contribution in [0.1, 0.15) is 29.8 Å². The molecule has 2 aromatic rings. The van der Waals surface area contributed by atoms with E-state index in [9.17, 15) is 4.79 Å². The molecule has 5 heteroatoms. The molecule has 0 aliphatic carbocycles. The summed E-state index contributed by atoms with van der Waals surface area (Å²) >= 11 is 3.50. The maximum atomic E-state index is 12.8. The minimum Gasteiger partial charge on any atom is -0.337 e. The summed E-state index contributed by atoms with van der Waals surface area (Å²) in [5.41, 5.74) is 1.60. The van der Waals surface area contributed by atoms with Gasteiger partial charge in [-0.2, -0.15) is 5.10 Å². The van der Waals surface area contributed by atoms with Crippen molar-refractivity contribution >= 4 is 32.7 Å². The highest BCUT2D eigenvalue weighted by Crippen LogP contribution is 2.24. The van der Waals surface area contributed by atoms with Gasteiger partial charge in [-0.25, -0.2) is 0 Å². The molecule has 1 fully saturated rings. The fourth-order valence-electron chi connectivity index (χ4n) is 3.16. The number of hydrogen-bond donors (Lipinski definition) is 0. The number of aryl methyl sites for hydroxylation is 1.